The molecule has 1 atom stereocenters. The summed E-state index contributed by atoms with van der Waals surface area (Å²) in [6, 6.07) is 7.30. The molecule has 1 N–H and O–H groups in total. The van der Waals surface area contributed by atoms with Gasteiger partial charge in [0, 0.05) is 0 Å². The first-order valence-electron chi connectivity index (χ1n) is 6.34. The highest BCUT2D eigenvalue weighted by atomic mass is 15.0. The maximum absolute atomic E-state index is 4.22. The molecule has 1 aromatic rings. The minimum Gasteiger partial charge on any atom is -0.372 e. The fraction of sp³-hybridized carbons (Fsp3) is 0.400. The maximum Gasteiger partial charge on any atom is 0.0827 e. The molecule has 2 heteroatoms. The molecule has 2 aliphatic rings. The van der Waals surface area contributed by atoms with Crippen LogP contribution in [0.15, 0.2) is 28.8 Å². The molecule has 0 saturated heterocycles. The number of nitrogens with zero attached hydrogens (tertiary/aromatic N) is 1. The first-order valence-corrected chi connectivity index (χ1v) is 6.34. The molecule has 3 rings (SSSR count). The van der Waals surface area contributed by atoms with Gasteiger partial charge < -0.3 is 5.32 Å². The zero-order valence-corrected chi connectivity index (χ0v) is 10.2. The first-order chi connectivity index (χ1) is 8.31. The van der Waals surface area contributed by atoms with E-state index in [1.54, 1.807) is 5.57 Å². The molecule has 17 heavy (non-hydrogen) atoms. The zero-order valence-electron chi connectivity index (χ0n) is 10.2. The van der Waals surface area contributed by atoms with Gasteiger partial charge in [0.2, 0.25) is 0 Å². The van der Waals surface area contributed by atoms with Gasteiger partial charge in [0.1, 0.15) is 0 Å². The first kappa shape index (κ1) is 10.6. The fourth-order valence-corrected chi connectivity index (χ4v) is 2.67. The molecular weight excluding hydrogens is 208 g/mol. The summed E-state index contributed by atoms with van der Waals surface area (Å²) >= 11 is 0. The number of aryl methyl sites for hydroxylation is 2. The van der Waals surface area contributed by atoms with Gasteiger partial charge in [0.05, 0.1) is 18.9 Å². The molecule has 1 heterocycles. The molecule has 0 spiro atoms. The van der Waals surface area contributed by atoms with Crippen LogP contribution in [0.1, 0.15) is 29.5 Å². The summed E-state index contributed by atoms with van der Waals surface area (Å²) in [4.78, 5) is 4.22. The van der Waals surface area contributed by atoms with Crippen LogP contribution in [0.4, 0.5) is 0 Å². The van der Waals surface area contributed by atoms with Gasteiger partial charge in [0.15, 0.2) is 0 Å². The Morgan fingerprint density at radius 1 is 1.35 bits per heavy atom. The normalized spacial score (nSPS) is 21.9. The lowest BCUT2D eigenvalue weighted by Gasteiger charge is -2.19. The van der Waals surface area contributed by atoms with E-state index < -0.39 is 0 Å². The van der Waals surface area contributed by atoms with Gasteiger partial charge in [-0.2, -0.15) is 0 Å². The summed E-state index contributed by atoms with van der Waals surface area (Å²) < 4.78 is 0. The summed E-state index contributed by atoms with van der Waals surface area (Å²) in [5.41, 5.74) is 5.84. The second-order valence-electron chi connectivity index (χ2n) is 5.07. The number of hydrogen-bond donors (Lipinski definition) is 1. The molecule has 1 aliphatic carbocycles. The quantitative estimate of drug-likeness (QED) is 0.824. The van der Waals surface area contributed by atoms with E-state index in [1.807, 2.05) is 6.34 Å². The molecule has 88 valence electrons. The van der Waals surface area contributed by atoms with Gasteiger partial charge in [-0.25, -0.2) is 0 Å². The SMILES string of the molecule is Cc1ccc2c(c1)CCC(C[C@@H]1CN=CN1)=C2. The van der Waals surface area contributed by atoms with Crippen molar-refractivity contribution < 1.29 is 0 Å². The van der Waals surface area contributed by atoms with Crippen LogP contribution in [0.25, 0.3) is 6.08 Å². The van der Waals surface area contributed by atoms with E-state index in [-0.39, 0.29) is 0 Å². The van der Waals surface area contributed by atoms with E-state index in [2.05, 4.69) is 41.5 Å². The average molecular weight is 226 g/mol. The van der Waals surface area contributed by atoms with Crippen LogP contribution in [0.3, 0.4) is 0 Å². The summed E-state index contributed by atoms with van der Waals surface area (Å²) in [5.74, 6) is 0. The standard InChI is InChI=1S/C15H18N2/c1-11-2-4-14-7-12(3-5-13(14)6-11)8-15-9-16-10-17-15/h2,4,6-7,10,15H,3,5,8-9H2,1H3,(H,16,17)/t15-/m1/s1. The molecule has 0 bridgehead atoms. The van der Waals surface area contributed by atoms with Crippen LogP contribution in [0.2, 0.25) is 0 Å². The molecular formula is C15H18N2. The molecule has 2 nitrogen and oxygen atoms in total. The Labute approximate surface area is 102 Å². The number of nitrogens with one attached hydrogen (secondary N) is 1. The Morgan fingerprint density at radius 3 is 3.12 bits per heavy atom. The summed E-state index contributed by atoms with van der Waals surface area (Å²) in [6.45, 7) is 3.09. The number of rotatable bonds is 2. The van der Waals surface area contributed by atoms with Crippen molar-refractivity contribution in [2.75, 3.05) is 6.54 Å². The van der Waals surface area contributed by atoms with E-state index in [4.69, 9.17) is 0 Å². The van der Waals surface area contributed by atoms with Crippen molar-refractivity contribution in [2.24, 2.45) is 4.99 Å². The average Bonchev–Trinajstić information content (AvgIpc) is 2.82. The molecule has 0 fully saturated rings. The van der Waals surface area contributed by atoms with Crippen molar-refractivity contribution in [1.29, 1.82) is 0 Å². The molecule has 0 saturated carbocycles. The van der Waals surface area contributed by atoms with Crippen molar-refractivity contribution in [3.63, 3.8) is 0 Å². The summed E-state index contributed by atoms with van der Waals surface area (Å²) in [6.07, 6.45) is 7.74. The highest BCUT2D eigenvalue weighted by molar-refractivity contribution is 5.61. The zero-order chi connectivity index (χ0) is 11.7. The van der Waals surface area contributed by atoms with Crippen LogP contribution in [0.5, 0.6) is 0 Å². The number of fused-ring (bicyclic) bond motifs is 1. The van der Waals surface area contributed by atoms with E-state index >= 15 is 0 Å². The maximum atomic E-state index is 4.22. The van der Waals surface area contributed by atoms with Gasteiger partial charge in [-0.05, 0) is 37.3 Å². The lowest BCUT2D eigenvalue weighted by molar-refractivity contribution is 0.636. The monoisotopic (exact) mass is 226 g/mol. The minimum atomic E-state index is 0.522. The summed E-state index contributed by atoms with van der Waals surface area (Å²) in [5, 5.41) is 3.30. The predicted molar refractivity (Wildman–Crippen MR) is 72.4 cm³/mol. The van der Waals surface area contributed by atoms with Crippen LogP contribution in [0, 0.1) is 6.92 Å². The van der Waals surface area contributed by atoms with Crippen LogP contribution < -0.4 is 5.32 Å². The molecule has 1 aromatic carbocycles. The van der Waals surface area contributed by atoms with Crippen molar-refractivity contribution in [3.8, 4) is 0 Å². The van der Waals surface area contributed by atoms with Crippen molar-refractivity contribution in [1.82, 2.24) is 5.32 Å². The number of aliphatic imine (C=N–C) groups is 1. The highest BCUT2D eigenvalue weighted by Crippen LogP contribution is 2.27. The molecule has 0 amide bonds. The Morgan fingerprint density at radius 2 is 2.29 bits per heavy atom. The highest BCUT2D eigenvalue weighted by Gasteiger charge is 2.16. The summed E-state index contributed by atoms with van der Waals surface area (Å²) in [7, 11) is 0. The van der Waals surface area contributed by atoms with E-state index in [0.717, 1.165) is 13.0 Å². The van der Waals surface area contributed by atoms with Crippen molar-refractivity contribution in [3.05, 3.63) is 40.5 Å². The lowest BCUT2D eigenvalue weighted by atomic mass is 9.88. The largest absolute Gasteiger partial charge is 0.372 e. The third kappa shape index (κ3) is 2.26. The third-order valence-electron chi connectivity index (χ3n) is 3.61. The van der Waals surface area contributed by atoms with Crippen LogP contribution in [-0.2, 0) is 6.42 Å². The van der Waals surface area contributed by atoms with E-state index in [9.17, 15) is 0 Å². The number of hydrogen-bond acceptors (Lipinski definition) is 2. The minimum absolute atomic E-state index is 0.522. The van der Waals surface area contributed by atoms with Crippen molar-refractivity contribution >= 4 is 12.4 Å². The number of benzene rings is 1. The third-order valence-corrected chi connectivity index (χ3v) is 3.61. The van der Waals surface area contributed by atoms with Crippen LogP contribution in [-0.4, -0.2) is 18.9 Å². The van der Waals surface area contributed by atoms with Gasteiger partial charge in [-0.15, -0.1) is 0 Å². The predicted octanol–water partition coefficient (Wildman–Crippen LogP) is 2.71. The van der Waals surface area contributed by atoms with Gasteiger partial charge in [-0.1, -0.05) is 35.4 Å². The van der Waals surface area contributed by atoms with Crippen molar-refractivity contribution in [2.45, 2.75) is 32.2 Å². The Kier molecular flexibility index (Phi) is 2.71. The second kappa shape index (κ2) is 4.36. The van der Waals surface area contributed by atoms with E-state index in [1.165, 1.54) is 29.5 Å². The Hall–Kier alpha value is -1.57. The molecule has 0 radical (unpaired) electrons. The molecule has 0 unspecified atom stereocenters. The fourth-order valence-electron chi connectivity index (χ4n) is 2.67. The molecule has 0 aromatic heterocycles. The van der Waals surface area contributed by atoms with Gasteiger partial charge >= 0.3 is 0 Å². The van der Waals surface area contributed by atoms with Gasteiger partial charge in [0.25, 0.3) is 0 Å². The smallest absolute Gasteiger partial charge is 0.0827 e. The topological polar surface area (TPSA) is 24.4 Å². The van der Waals surface area contributed by atoms with E-state index in [0.29, 0.717) is 6.04 Å². The Bertz CT molecular complexity index is 478. The molecule has 1 aliphatic heterocycles. The second-order valence-corrected chi connectivity index (χ2v) is 5.07. The Balaban J connectivity index is 1.77. The van der Waals surface area contributed by atoms with Crippen LogP contribution >= 0.6 is 0 Å². The van der Waals surface area contributed by atoms with Gasteiger partial charge in [-0.3, -0.25) is 4.99 Å². The lowest BCUT2D eigenvalue weighted by Crippen LogP contribution is -2.25.